The van der Waals surface area contributed by atoms with Crippen molar-refractivity contribution in [3.8, 4) is 0 Å². The second-order valence-corrected chi connectivity index (χ2v) is 4.45. The number of benzene rings is 1. The van der Waals surface area contributed by atoms with Crippen LogP contribution in [0.25, 0.3) is 16.6 Å². The molecule has 2 aromatic rings. The van der Waals surface area contributed by atoms with E-state index in [4.69, 9.17) is 17.3 Å². The fourth-order valence-corrected chi connectivity index (χ4v) is 2.26. The molecule has 80 valence electrons. The minimum absolute atomic E-state index is 0.722. The Morgan fingerprint density at radius 1 is 1.25 bits per heavy atom. The van der Waals surface area contributed by atoms with Crippen molar-refractivity contribution < 1.29 is 0 Å². The summed E-state index contributed by atoms with van der Waals surface area (Å²) in [4.78, 5) is 4.62. The van der Waals surface area contributed by atoms with E-state index in [9.17, 15) is 0 Å². The SMILES string of the molecule is NC1=CCCc2nc3cc(Cl)ccc3cc21. The Morgan fingerprint density at radius 3 is 3.00 bits per heavy atom. The lowest BCUT2D eigenvalue weighted by atomic mass is 9.98. The molecule has 1 aromatic carbocycles. The summed E-state index contributed by atoms with van der Waals surface area (Å²) < 4.78 is 0. The highest BCUT2D eigenvalue weighted by molar-refractivity contribution is 6.31. The third-order valence-electron chi connectivity index (χ3n) is 2.92. The van der Waals surface area contributed by atoms with Gasteiger partial charge in [0.15, 0.2) is 0 Å². The Labute approximate surface area is 98.7 Å². The number of pyridine rings is 1. The van der Waals surface area contributed by atoms with Crippen molar-refractivity contribution in [2.75, 3.05) is 0 Å². The average Bonchev–Trinajstić information content (AvgIpc) is 2.27. The van der Waals surface area contributed by atoms with Crippen LogP contribution in [0.1, 0.15) is 17.7 Å². The van der Waals surface area contributed by atoms with Gasteiger partial charge in [-0.15, -0.1) is 0 Å². The summed E-state index contributed by atoms with van der Waals surface area (Å²) in [6.07, 6.45) is 3.99. The second kappa shape index (κ2) is 3.49. The molecule has 0 bridgehead atoms. The highest BCUT2D eigenvalue weighted by atomic mass is 35.5. The van der Waals surface area contributed by atoms with Gasteiger partial charge in [-0.2, -0.15) is 0 Å². The molecule has 0 amide bonds. The van der Waals surface area contributed by atoms with E-state index in [0.29, 0.717) is 0 Å². The van der Waals surface area contributed by atoms with Crippen molar-refractivity contribution in [3.05, 3.63) is 46.6 Å². The van der Waals surface area contributed by atoms with Gasteiger partial charge in [-0.05, 0) is 31.0 Å². The molecule has 0 fully saturated rings. The molecule has 0 saturated heterocycles. The zero-order chi connectivity index (χ0) is 11.1. The number of nitrogens with two attached hydrogens (primary N) is 1. The molecule has 0 radical (unpaired) electrons. The average molecular weight is 231 g/mol. The molecule has 1 aliphatic carbocycles. The molecule has 3 rings (SSSR count). The Morgan fingerprint density at radius 2 is 2.12 bits per heavy atom. The van der Waals surface area contributed by atoms with Crippen molar-refractivity contribution in [1.82, 2.24) is 4.98 Å². The molecule has 0 saturated carbocycles. The molecule has 2 N–H and O–H groups in total. The number of rotatable bonds is 0. The number of hydrogen-bond donors (Lipinski definition) is 1. The first-order valence-corrected chi connectivity index (χ1v) is 5.67. The molecular formula is C13H11ClN2. The number of hydrogen-bond acceptors (Lipinski definition) is 2. The largest absolute Gasteiger partial charge is 0.398 e. The van der Waals surface area contributed by atoms with E-state index in [1.54, 1.807) is 0 Å². The first kappa shape index (κ1) is 9.67. The number of fused-ring (bicyclic) bond motifs is 2. The minimum atomic E-state index is 0.722. The van der Waals surface area contributed by atoms with Gasteiger partial charge in [-0.25, -0.2) is 0 Å². The summed E-state index contributed by atoms with van der Waals surface area (Å²) in [7, 11) is 0. The highest BCUT2D eigenvalue weighted by Crippen LogP contribution is 2.26. The molecule has 1 aliphatic rings. The van der Waals surface area contributed by atoms with Gasteiger partial charge < -0.3 is 5.73 Å². The lowest BCUT2D eigenvalue weighted by molar-refractivity contribution is 0.927. The van der Waals surface area contributed by atoms with Gasteiger partial charge in [0.2, 0.25) is 0 Å². The number of aryl methyl sites for hydroxylation is 1. The van der Waals surface area contributed by atoms with E-state index in [1.807, 2.05) is 18.2 Å². The van der Waals surface area contributed by atoms with Crippen LogP contribution in [0.2, 0.25) is 5.02 Å². The molecule has 1 heterocycles. The Bertz CT molecular complexity index is 602. The van der Waals surface area contributed by atoms with Crippen LogP contribution >= 0.6 is 11.6 Å². The van der Waals surface area contributed by atoms with E-state index in [2.05, 4.69) is 17.1 Å². The van der Waals surface area contributed by atoms with Crippen LogP contribution in [-0.2, 0) is 6.42 Å². The summed E-state index contributed by atoms with van der Waals surface area (Å²) in [6.45, 7) is 0. The van der Waals surface area contributed by atoms with Crippen molar-refractivity contribution in [1.29, 1.82) is 0 Å². The normalized spacial score (nSPS) is 14.7. The zero-order valence-corrected chi connectivity index (χ0v) is 9.46. The lowest BCUT2D eigenvalue weighted by Crippen LogP contribution is -2.08. The lowest BCUT2D eigenvalue weighted by Gasteiger charge is -2.14. The molecule has 3 heteroatoms. The summed E-state index contributed by atoms with van der Waals surface area (Å²) in [5, 5.41) is 1.81. The van der Waals surface area contributed by atoms with Crippen LogP contribution in [-0.4, -0.2) is 4.98 Å². The minimum Gasteiger partial charge on any atom is -0.398 e. The van der Waals surface area contributed by atoms with Gasteiger partial charge in [0.1, 0.15) is 0 Å². The summed E-state index contributed by atoms with van der Waals surface area (Å²) in [6, 6.07) is 7.85. The standard InChI is InChI=1S/C13H11ClN2/c14-9-5-4-8-6-10-11(15)2-1-3-12(10)16-13(8)7-9/h2,4-7H,1,3,15H2. The zero-order valence-electron chi connectivity index (χ0n) is 8.70. The van der Waals surface area contributed by atoms with Gasteiger partial charge in [0.25, 0.3) is 0 Å². The van der Waals surface area contributed by atoms with Crippen molar-refractivity contribution in [2.24, 2.45) is 5.73 Å². The number of nitrogens with zero attached hydrogens (tertiary/aromatic N) is 1. The molecular weight excluding hydrogens is 220 g/mol. The summed E-state index contributed by atoms with van der Waals surface area (Å²) >= 11 is 5.95. The third-order valence-corrected chi connectivity index (χ3v) is 3.15. The van der Waals surface area contributed by atoms with Crippen LogP contribution < -0.4 is 5.73 Å². The molecule has 2 nitrogen and oxygen atoms in total. The molecule has 0 atom stereocenters. The molecule has 0 unspecified atom stereocenters. The summed E-state index contributed by atoms with van der Waals surface area (Å²) in [5.41, 5.74) is 9.90. The molecule has 0 spiro atoms. The van der Waals surface area contributed by atoms with Crippen LogP contribution in [0.5, 0.6) is 0 Å². The van der Waals surface area contributed by atoms with Crippen molar-refractivity contribution >= 4 is 28.2 Å². The van der Waals surface area contributed by atoms with Crippen LogP contribution in [0.15, 0.2) is 30.3 Å². The fraction of sp³-hybridized carbons (Fsp3) is 0.154. The predicted molar refractivity (Wildman–Crippen MR) is 67.2 cm³/mol. The van der Waals surface area contributed by atoms with Crippen molar-refractivity contribution in [2.45, 2.75) is 12.8 Å². The molecule has 1 aromatic heterocycles. The van der Waals surface area contributed by atoms with Gasteiger partial charge in [0.05, 0.1) is 11.2 Å². The maximum absolute atomic E-state index is 5.96. The number of halogens is 1. The fourth-order valence-electron chi connectivity index (χ4n) is 2.09. The first-order chi connectivity index (χ1) is 7.74. The smallest absolute Gasteiger partial charge is 0.0720 e. The first-order valence-electron chi connectivity index (χ1n) is 5.29. The third kappa shape index (κ3) is 1.46. The van der Waals surface area contributed by atoms with Crippen LogP contribution in [0.4, 0.5) is 0 Å². The van der Waals surface area contributed by atoms with Gasteiger partial charge in [-0.3, -0.25) is 4.98 Å². The Hall–Kier alpha value is -1.54. The van der Waals surface area contributed by atoms with Crippen molar-refractivity contribution in [3.63, 3.8) is 0 Å². The maximum Gasteiger partial charge on any atom is 0.0720 e. The Kier molecular flexibility index (Phi) is 2.11. The van der Waals surface area contributed by atoms with Gasteiger partial charge in [-0.1, -0.05) is 23.7 Å². The topological polar surface area (TPSA) is 38.9 Å². The van der Waals surface area contributed by atoms with E-state index in [1.165, 1.54) is 0 Å². The number of allylic oxidation sites excluding steroid dienone is 1. The van der Waals surface area contributed by atoms with Gasteiger partial charge >= 0.3 is 0 Å². The maximum atomic E-state index is 5.96. The van der Waals surface area contributed by atoms with Crippen LogP contribution in [0.3, 0.4) is 0 Å². The summed E-state index contributed by atoms with van der Waals surface area (Å²) in [5.74, 6) is 0. The number of aromatic nitrogens is 1. The Balaban J connectivity index is 2.32. The monoisotopic (exact) mass is 230 g/mol. The van der Waals surface area contributed by atoms with Gasteiger partial charge in [0, 0.05) is 21.7 Å². The highest BCUT2D eigenvalue weighted by Gasteiger charge is 2.12. The quantitative estimate of drug-likeness (QED) is 0.755. The van der Waals surface area contributed by atoms with E-state index in [0.717, 1.165) is 45.7 Å². The van der Waals surface area contributed by atoms with E-state index >= 15 is 0 Å². The molecule has 16 heavy (non-hydrogen) atoms. The predicted octanol–water partition coefficient (Wildman–Crippen LogP) is 3.13. The van der Waals surface area contributed by atoms with Crippen LogP contribution in [0, 0.1) is 0 Å². The second-order valence-electron chi connectivity index (χ2n) is 4.02. The van der Waals surface area contributed by atoms with E-state index in [-0.39, 0.29) is 0 Å². The van der Waals surface area contributed by atoms with E-state index < -0.39 is 0 Å². The molecule has 0 aliphatic heterocycles.